The van der Waals surface area contributed by atoms with Crippen molar-refractivity contribution < 1.29 is 8.42 Å². The molecule has 0 spiro atoms. The van der Waals surface area contributed by atoms with Gasteiger partial charge < -0.3 is 0 Å². The standard InChI is InChI=1S/C17H20ClNO2S/c1-12-8-9-16(10-13(12)2)22(20,21)19-17(3,4)14-6-5-7-15(18)11-14/h5-11,19H,1-4H3. The number of sulfonamides is 1. The minimum atomic E-state index is -3.61. The van der Waals surface area contributed by atoms with E-state index in [4.69, 9.17) is 11.6 Å². The average Bonchev–Trinajstić information content (AvgIpc) is 2.40. The Morgan fingerprint density at radius 1 is 1.00 bits per heavy atom. The van der Waals surface area contributed by atoms with Crippen molar-refractivity contribution in [2.24, 2.45) is 0 Å². The molecule has 118 valence electrons. The van der Waals surface area contributed by atoms with Crippen LogP contribution in [0.15, 0.2) is 47.4 Å². The van der Waals surface area contributed by atoms with E-state index in [9.17, 15) is 8.42 Å². The van der Waals surface area contributed by atoms with Crippen molar-refractivity contribution in [3.8, 4) is 0 Å². The van der Waals surface area contributed by atoms with Crippen LogP contribution in [0.25, 0.3) is 0 Å². The number of hydrogen-bond acceptors (Lipinski definition) is 2. The molecule has 0 bridgehead atoms. The minimum Gasteiger partial charge on any atom is -0.207 e. The molecular formula is C17H20ClNO2S. The van der Waals surface area contributed by atoms with Crippen LogP contribution >= 0.6 is 11.6 Å². The van der Waals surface area contributed by atoms with Gasteiger partial charge in [-0.2, -0.15) is 0 Å². The molecule has 3 nitrogen and oxygen atoms in total. The third-order valence-corrected chi connectivity index (χ3v) is 5.61. The largest absolute Gasteiger partial charge is 0.241 e. The first-order chi connectivity index (χ1) is 10.1. The molecule has 0 saturated carbocycles. The Hall–Kier alpha value is -1.36. The van der Waals surface area contributed by atoms with E-state index in [-0.39, 0.29) is 4.90 Å². The summed E-state index contributed by atoms with van der Waals surface area (Å²) >= 11 is 6.00. The van der Waals surface area contributed by atoms with E-state index in [1.165, 1.54) is 0 Å². The molecule has 2 rings (SSSR count). The maximum absolute atomic E-state index is 12.6. The SMILES string of the molecule is Cc1ccc(S(=O)(=O)NC(C)(C)c2cccc(Cl)c2)cc1C. The fourth-order valence-electron chi connectivity index (χ4n) is 2.21. The highest BCUT2D eigenvalue weighted by atomic mass is 35.5. The average molecular weight is 338 g/mol. The maximum atomic E-state index is 12.6. The summed E-state index contributed by atoms with van der Waals surface area (Å²) in [6.07, 6.45) is 0. The van der Waals surface area contributed by atoms with Gasteiger partial charge in [-0.3, -0.25) is 0 Å². The van der Waals surface area contributed by atoms with Gasteiger partial charge in [0.1, 0.15) is 0 Å². The molecule has 1 N–H and O–H groups in total. The zero-order valence-corrected chi connectivity index (χ0v) is 14.7. The van der Waals surface area contributed by atoms with Gasteiger partial charge in [0.2, 0.25) is 10.0 Å². The van der Waals surface area contributed by atoms with E-state index in [0.717, 1.165) is 16.7 Å². The van der Waals surface area contributed by atoms with Gasteiger partial charge in [0.15, 0.2) is 0 Å². The Balaban J connectivity index is 2.36. The number of rotatable bonds is 4. The minimum absolute atomic E-state index is 0.269. The maximum Gasteiger partial charge on any atom is 0.241 e. The van der Waals surface area contributed by atoms with Gasteiger partial charge in [0.05, 0.1) is 10.4 Å². The molecule has 0 radical (unpaired) electrons. The van der Waals surface area contributed by atoms with Gasteiger partial charge in [-0.05, 0) is 68.7 Å². The molecule has 0 aliphatic heterocycles. The van der Waals surface area contributed by atoms with Crippen molar-refractivity contribution in [2.75, 3.05) is 0 Å². The first-order valence-electron chi connectivity index (χ1n) is 6.99. The summed E-state index contributed by atoms with van der Waals surface area (Å²) < 4.78 is 28.0. The van der Waals surface area contributed by atoms with Crippen LogP contribution in [0.4, 0.5) is 0 Å². The molecule has 2 aromatic carbocycles. The summed E-state index contributed by atoms with van der Waals surface area (Å²) in [7, 11) is -3.61. The summed E-state index contributed by atoms with van der Waals surface area (Å²) in [6, 6.07) is 12.3. The topological polar surface area (TPSA) is 46.2 Å². The molecular weight excluding hydrogens is 318 g/mol. The van der Waals surface area contributed by atoms with E-state index < -0.39 is 15.6 Å². The van der Waals surface area contributed by atoms with E-state index in [2.05, 4.69) is 4.72 Å². The van der Waals surface area contributed by atoms with Crippen molar-refractivity contribution in [2.45, 2.75) is 38.1 Å². The predicted molar refractivity (Wildman–Crippen MR) is 90.7 cm³/mol. The number of halogens is 1. The zero-order chi connectivity index (χ0) is 16.5. The molecule has 0 aromatic heterocycles. The molecule has 0 aliphatic rings. The van der Waals surface area contributed by atoms with E-state index >= 15 is 0 Å². The molecule has 2 aromatic rings. The van der Waals surface area contributed by atoms with Gasteiger partial charge in [-0.1, -0.05) is 29.8 Å². The fourth-order valence-corrected chi connectivity index (χ4v) is 3.89. The molecule has 0 aliphatic carbocycles. The lowest BCUT2D eigenvalue weighted by molar-refractivity contribution is 0.472. The second kappa shape index (κ2) is 6.03. The molecule has 0 amide bonds. The number of hydrogen-bond donors (Lipinski definition) is 1. The van der Waals surface area contributed by atoms with E-state index in [1.807, 2.05) is 45.9 Å². The van der Waals surface area contributed by atoms with Crippen molar-refractivity contribution in [3.05, 3.63) is 64.2 Å². The summed E-state index contributed by atoms with van der Waals surface area (Å²) in [5.74, 6) is 0. The van der Waals surface area contributed by atoms with Crippen LogP contribution in [0.1, 0.15) is 30.5 Å². The first kappa shape index (κ1) is 17.0. The van der Waals surface area contributed by atoms with Crippen molar-refractivity contribution in [3.63, 3.8) is 0 Å². The third-order valence-electron chi connectivity index (χ3n) is 3.72. The highest BCUT2D eigenvalue weighted by Gasteiger charge is 2.28. The van der Waals surface area contributed by atoms with Gasteiger partial charge >= 0.3 is 0 Å². The molecule has 0 atom stereocenters. The molecule has 5 heteroatoms. The summed E-state index contributed by atoms with van der Waals surface area (Å²) in [4.78, 5) is 0.269. The summed E-state index contributed by atoms with van der Waals surface area (Å²) in [6.45, 7) is 7.49. The van der Waals surface area contributed by atoms with Crippen LogP contribution in [0, 0.1) is 13.8 Å². The Morgan fingerprint density at radius 3 is 2.27 bits per heavy atom. The highest BCUT2D eigenvalue weighted by Crippen LogP contribution is 2.26. The third kappa shape index (κ3) is 3.69. The highest BCUT2D eigenvalue weighted by molar-refractivity contribution is 7.89. The van der Waals surface area contributed by atoms with Crippen LogP contribution < -0.4 is 4.72 Å². The Labute approximate surface area is 137 Å². The second-order valence-corrected chi connectivity index (χ2v) is 8.11. The fraction of sp³-hybridized carbons (Fsp3) is 0.294. The quantitative estimate of drug-likeness (QED) is 0.910. The van der Waals surface area contributed by atoms with Gasteiger partial charge in [0, 0.05) is 5.02 Å². The smallest absolute Gasteiger partial charge is 0.207 e. The van der Waals surface area contributed by atoms with E-state index in [0.29, 0.717) is 5.02 Å². The van der Waals surface area contributed by atoms with Gasteiger partial charge in [-0.25, -0.2) is 13.1 Å². The lowest BCUT2D eigenvalue weighted by Gasteiger charge is -2.27. The van der Waals surface area contributed by atoms with Crippen LogP contribution in [0.2, 0.25) is 5.02 Å². The second-order valence-electron chi connectivity index (χ2n) is 5.99. The number of benzene rings is 2. The van der Waals surface area contributed by atoms with Gasteiger partial charge in [0.25, 0.3) is 0 Å². The number of nitrogens with one attached hydrogen (secondary N) is 1. The van der Waals surface area contributed by atoms with Crippen LogP contribution in [0.5, 0.6) is 0 Å². The molecule has 0 saturated heterocycles. The monoisotopic (exact) mass is 337 g/mol. The summed E-state index contributed by atoms with van der Waals surface area (Å²) in [5, 5.41) is 0.580. The van der Waals surface area contributed by atoms with Crippen LogP contribution in [-0.2, 0) is 15.6 Å². The molecule has 0 heterocycles. The Kier molecular flexibility index (Phi) is 4.66. The van der Waals surface area contributed by atoms with Crippen molar-refractivity contribution in [1.82, 2.24) is 4.72 Å². The van der Waals surface area contributed by atoms with Crippen LogP contribution in [-0.4, -0.2) is 8.42 Å². The van der Waals surface area contributed by atoms with Crippen LogP contribution in [0.3, 0.4) is 0 Å². The first-order valence-corrected chi connectivity index (χ1v) is 8.85. The number of aryl methyl sites for hydroxylation is 2. The summed E-state index contributed by atoms with van der Waals surface area (Å²) in [5.41, 5.74) is 2.06. The van der Waals surface area contributed by atoms with Gasteiger partial charge in [-0.15, -0.1) is 0 Å². The normalized spacial score (nSPS) is 12.4. The Bertz CT molecular complexity index is 798. The predicted octanol–water partition coefficient (Wildman–Crippen LogP) is 4.17. The molecule has 22 heavy (non-hydrogen) atoms. The molecule has 0 unspecified atom stereocenters. The Morgan fingerprint density at radius 2 is 1.68 bits per heavy atom. The van der Waals surface area contributed by atoms with Crippen molar-refractivity contribution in [1.29, 1.82) is 0 Å². The van der Waals surface area contributed by atoms with Crippen molar-refractivity contribution >= 4 is 21.6 Å². The lowest BCUT2D eigenvalue weighted by atomic mass is 9.96. The van der Waals surface area contributed by atoms with E-state index in [1.54, 1.807) is 24.3 Å². The zero-order valence-electron chi connectivity index (χ0n) is 13.1. The lowest BCUT2D eigenvalue weighted by Crippen LogP contribution is -2.40. The molecule has 0 fully saturated rings.